The second kappa shape index (κ2) is 5.21. The fourth-order valence-electron chi connectivity index (χ4n) is 2.37. The van der Waals surface area contributed by atoms with Crippen LogP contribution >= 0.6 is 15.9 Å². The van der Waals surface area contributed by atoms with E-state index in [0.29, 0.717) is 17.8 Å². The van der Waals surface area contributed by atoms with Gasteiger partial charge in [0.15, 0.2) is 0 Å². The van der Waals surface area contributed by atoms with Gasteiger partial charge in [-0.1, -0.05) is 22.9 Å². The van der Waals surface area contributed by atoms with Crippen LogP contribution in [-0.4, -0.2) is 35.0 Å². The normalized spacial score (nSPS) is 22.5. The van der Waals surface area contributed by atoms with Crippen LogP contribution in [0, 0.1) is 11.8 Å². The van der Waals surface area contributed by atoms with Crippen molar-refractivity contribution in [3.05, 3.63) is 28.2 Å². The molecule has 0 spiro atoms. The number of anilines is 1. The molecule has 5 nitrogen and oxygen atoms in total. The predicted octanol–water partition coefficient (Wildman–Crippen LogP) is 1.82. The SMILES string of the molecule is C[C@@H]1CN(C(=O)c2cc(N)cc(Br)c2)C[C@H]1C(=O)O. The van der Waals surface area contributed by atoms with Crippen LogP contribution in [0.1, 0.15) is 17.3 Å². The standard InChI is InChI=1S/C13H15BrN2O3/c1-7-5-16(6-11(7)13(18)19)12(17)8-2-9(14)4-10(15)3-8/h2-4,7,11H,5-6,15H2,1H3,(H,18,19)/t7-,11-/m1/s1. The number of nitrogens with zero attached hydrogens (tertiary/aromatic N) is 1. The highest BCUT2D eigenvalue weighted by molar-refractivity contribution is 9.10. The van der Waals surface area contributed by atoms with Crippen molar-refractivity contribution in [2.24, 2.45) is 11.8 Å². The van der Waals surface area contributed by atoms with E-state index in [4.69, 9.17) is 10.8 Å². The number of amides is 1. The number of nitrogens with two attached hydrogens (primary N) is 1. The molecule has 0 bridgehead atoms. The zero-order chi connectivity index (χ0) is 14.2. The Hall–Kier alpha value is -1.56. The molecule has 0 radical (unpaired) electrons. The highest BCUT2D eigenvalue weighted by Crippen LogP contribution is 2.26. The minimum Gasteiger partial charge on any atom is -0.481 e. The molecule has 0 saturated carbocycles. The number of rotatable bonds is 2. The number of likely N-dealkylation sites (tertiary alicyclic amines) is 1. The molecule has 0 aromatic heterocycles. The average molecular weight is 327 g/mol. The summed E-state index contributed by atoms with van der Waals surface area (Å²) < 4.78 is 0.734. The number of nitrogen functional groups attached to an aromatic ring is 1. The van der Waals surface area contributed by atoms with Crippen molar-refractivity contribution in [3.63, 3.8) is 0 Å². The van der Waals surface area contributed by atoms with Crippen LogP contribution in [0.5, 0.6) is 0 Å². The summed E-state index contributed by atoms with van der Waals surface area (Å²) in [6.45, 7) is 2.56. The molecule has 3 N–H and O–H groups in total. The molecule has 0 unspecified atom stereocenters. The van der Waals surface area contributed by atoms with Crippen LogP contribution in [0.3, 0.4) is 0 Å². The summed E-state index contributed by atoms with van der Waals surface area (Å²) >= 11 is 3.29. The number of carbonyl (C=O) groups excluding carboxylic acids is 1. The monoisotopic (exact) mass is 326 g/mol. The molecule has 1 aliphatic rings. The third-order valence-corrected chi connectivity index (χ3v) is 3.84. The molecule has 6 heteroatoms. The Labute approximate surface area is 119 Å². The molecule has 1 aromatic carbocycles. The number of hydrogen-bond acceptors (Lipinski definition) is 3. The molecule has 2 rings (SSSR count). The third-order valence-electron chi connectivity index (χ3n) is 3.38. The van der Waals surface area contributed by atoms with Gasteiger partial charge in [-0.15, -0.1) is 0 Å². The first kappa shape index (κ1) is 13.9. The van der Waals surface area contributed by atoms with Crippen molar-refractivity contribution < 1.29 is 14.7 Å². The molecule has 1 fully saturated rings. The Kier molecular flexibility index (Phi) is 3.80. The van der Waals surface area contributed by atoms with E-state index in [-0.39, 0.29) is 18.4 Å². The van der Waals surface area contributed by atoms with E-state index < -0.39 is 11.9 Å². The maximum atomic E-state index is 12.3. The van der Waals surface area contributed by atoms with Gasteiger partial charge in [-0.25, -0.2) is 0 Å². The van der Waals surface area contributed by atoms with Gasteiger partial charge in [0.25, 0.3) is 5.91 Å². The highest BCUT2D eigenvalue weighted by atomic mass is 79.9. The van der Waals surface area contributed by atoms with Crippen LogP contribution < -0.4 is 5.73 Å². The highest BCUT2D eigenvalue weighted by Gasteiger charge is 2.37. The number of carboxylic acids is 1. The van der Waals surface area contributed by atoms with Crippen LogP contribution in [-0.2, 0) is 4.79 Å². The molecule has 19 heavy (non-hydrogen) atoms. The van der Waals surface area contributed by atoms with Gasteiger partial charge in [0, 0.05) is 28.8 Å². The van der Waals surface area contributed by atoms with Gasteiger partial charge < -0.3 is 15.7 Å². The zero-order valence-corrected chi connectivity index (χ0v) is 12.1. The first-order valence-corrected chi connectivity index (χ1v) is 6.76. The largest absolute Gasteiger partial charge is 0.481 e. The van der Waals surface area contributed by atoms with Gasteiger partial charge in [0.05, 0.1) is 5.92 Å². The van der Waals surface area contributed by atoms with E-state index in [2.05, 4.69) is 15.9 Å². The van der Waals surface area contributed by atoms with Crippen molar-refractivity contribution in [3.8, 4) is 0 Å². The summed E-state index contributed by atoms with van der Waals surface area (Å²) in [5.74, 6) is -1.56. The average Bonchev–Trinajstić information content (AvgIpc) is 2.69. The van der Waals surface area contributed by atoms with E-state index in [9.17, 15) is 9.59 Å². The van der Waals surface area contributed by atoms with Crippen molar-refractivity contribution in [2.45, 2.75) is 6.92 Å². The number of benzene rings is 1. The lowest BCUT2D eigenvalue weighted by molar-refractivity contribution is -0.142. The third kappa shape index (κ3) is 2.89. The molecular weight excluding hydrogens is 312 g/mol. The topological polar surface area (TPSA) is 83.6 Å². The van der Waals surface area contributed by atoms with E-state index in [1.54, 1.807) is 23.1 Å². The van der Waals surface area contributed by atoms with E-state index in [1.165, 1.54) is 0 Å². The quantitative estimate of drug-likeness (QED) is 0.812. The fourth-order valence-corrected chi connectivity index (χ4v) is 2.88. The Morgan fingerprint density at radius 2 is 2.05 bits per heavy atom. The van der Waals surface area contributed by atoms with Gasteiger partial charge in [-0.3, -0.25) is 9.59 Å². The van der Waals surface area contributed by atoms with Gasteiger partial charge >= 0.3 is 5.97 Å². The van der Waals surface area contributed by atoms with E-state index >= 15 is 0 Å². The molecule has 102 valence electrons. The molecule has 1 saturated heterocycles. The minimum atomic E-state index is -0.850. The van der Waals surface area contributed by atoms with Crippen molar-refractivity contribution >= 4 is 33.5 Å². The van der Waals surface area contributed by atoms with Crippen LogP contribution in [0.2, 0.25) is 0 Å². The first-order valence-electron chi connectivity index (χ1n) is 5.96. The van der Waals surface area contributed by atoms with E-state index in [1.807, 2.05) is 6.92 Å². The van der Waals surface area contributed by atoms with Crippen LogP contribution in [0.4, 0.5) is 5.69 Å². The summed E-state index contributed by atoms with van der Waals surface area (Å²) in [5, 5.41) is 9.08. The predicted molar refractivity (Wildman–Crippen MR) is 74.7 cm³/mol. The smallest absolute Gasteiger partial charge is 0.308 e. The van der Waals surface area contributed by atoms with Crippen molar-refractivity contribution in [1.29, 1.82) is 0 Å². The number of carboxylic acid groups (broad SMARTS) is 1. The lowest BCUT2D eigenvalue weighted by Gasteiger charge is -2.16. The number of carbonyl (C=O) groups is 2. The molecule has 2 atom stereocenters. The summed E-state index contributed by atoms with van der Waals surface area (Å²) in [5.41, 5.74) is 6.68. The maximum absolute atomic E-state index is 12.3. The number of halogens is 1. The van der Waals surface area contributed by atoms with Gasteiger partial charge in [-0.05, 0) is 24.1 Å². The number of aliphatic carboxylic acids is 1. The van der Waals surface area contributed by atoms with Gasteiger partial charge in [-0.2, -0.15) is 0 Å². The summed E-state index contributed by atoms with van der Waals surface area (Å²) in [4.78, 5) is 25.0. The van der Waals surface area contributed by atoms with Gasteiger partial charge in [0.2, 0.25) is 0 Å². The molecule has 0 aliphatic carbocycles. The van der Waals surface area contributed by atoms with Gasteiger partial charge in [0.1, 0.15) is 0 Å². The Morgan fingerprint density at radius 3 is 2.58 bits per heavy atom. The Bertz CT molecular complexity index is 512. The second-order valence-corrected chi connectivity index (χ2v) is 5.82. The van der Waals surface area contributed by atoms with Crippen LogP contribution in [0.25, 0.3) is 0 Å². The molecule has 1 heterocycles. The van der Waals surface area contributed by atoms with Crippen molar-refractivity contribution in [2.75, 3.05) is 18.8 Å². The fraction of sp³-hybridized carbons (Fsp3) is 0.385. The van der Waals surface area contributed by atoms with Crippen molar-refractivity contribution in [1.82, 2.24) is 4.90 Å². The second-order valence-electron chi connectivity index (χ2n) is 4.91. The first-order chi connectivity index (χ1) is 8.88. The number of hydrogen-bond donors (Lipinski definition) is 2. The maximum Gasteiger partial charge on any atom is 0.308 e. The lowest BCUT2D eigenvalue weighted by Crippen LogP contribution is -2.30. The summed E-state index contributed by atoms with van der Waals surface area (Å²) in [7, 11) is 0. The van der Waals surface area contributed by atoms with Crippen LogP contribution in [0.15, 0.2) is 22.7 Å². The Balaban J connectivity index is 2.19. The van der Waals surface area contributed by atoms with E-state index in [0.717, 1.165) is 4.47 Å². The summed E-state index contributed by atoms with van der Waals surface area (Å²) in [6, 6.07) is 5.01. The Morgan fingerprint density at radius 1 is 1.37 bits per heavy atom. The minimum absolute atomic E-state index is 0.0362. The zero-order valence-electron chi connectivity index (χ0n) is 10.5. The molecular formula is C13H15BrN2O3. The molecule has 1 aliphatic heterocycles. The molecule has 1 amide bonds. The summed E-state index contributed by atoms with van der Waals surface area (Å²) in [6.07, 6.45) is 0. The lowest BCUT2D eigenvalue weighted by atomic mass is 9.99. The molecule has 1 aromatic rings.